The number of carbonyl (C=O) groups excluding carboxylic acids is 2. The standard InChI is InChI=1S/C24H26O8/c1-2-13-29-22-21(30-16-25)20(32-23(26)18-11-7-4-8-12-18)19(31-24(22)27)15-28-14-17-9-5-3-6-10-17/h2-12,16,19-22,24,27H,1,13-15H2/t19-,20-,21+,22-,24+/m1/s1. The molecular weight excluding hydrogens is 416 g/mol. The summed E-state index contributed by atoms with van der Waals surface area (Å²) in [4.78, 5) is 23.9. The second kappa shape index (κ2) is 12.1. The average molecular weight is 442 g/mol. The van der Waals surface area contributed by atoms with Crippen LogP contribution in [0.2, 0.25) is 0 Å². The third-order valence-corrected chi connectivity index (χ3v) is 4.87. The van der Waals surface area contributed by atoms with Crippen LogP contribution < -0.4 is 0 Å². The van der Waals surface area contributed by atoms with Gasteiger partial charge >= 0.3 is 5.97 Å². The van der Waals surface area contributed by atoms with Crippen molar-refractivity contribution in [3.63, 3.8) is 0 Å². The van der Waals surface area contributed by atoms with Crippen LogP contribution in [0.3, 0.4) is 0 Å². The molecule has 1 heterocycles. The highest BCUT2D eigenvalue weighted by Crippen LogP contribution is 2.28. The van der Waals surface area contributed by atoms with Crippen LogP contribution in [-0.2, 0) is 35.1 Å². The van der Waals surface area contributed by atoms with Gasteiger partial charge in [-0.15, -0.1) is 6.58 Å². The monoisotopic (exact) mass is 442 g/mol. The van der Waals surface area contributed by atoms with Gasteiger partial charge in [0.25, 0.3) is 6.47 Å². The van der Waals surface area contributed by atoms with Gasteiger partial charge in [0, 0.05) is 0 Å². The number of ether oxygens (including phenoxy) is 5. The van der Waals surface area contributed by atoms with E-state index in [0.29, 0.717) is 5.56 Å². The maximum atomic E-state index is 12.7. The lowest BCUT2D eigenvalue weighted by molar-refractivity contribution is -0.296. The van der Waals surface area contributed by atoms with Crippen molar-refractivity contribution in [2.45, 2.75) is 37.3 Å². The first-order valence-corrected chi connectivity index (χ1v) is 10.2. The van der Waals surface area contributed by atoms with Crippen molar-refractivity contribution in [3.05, 3.63) is 84.4 Å². The minimum Gasteiger partial charge on any atom is -0.457 e. The molecule has 1 aliphatic heterocycles. The Morgan fingerprint density at radius 2 is 1.72 bits per heavy atom. The summed E-state index contributed by atoms with van der Waals surface area (Å²) >= 11 is 0. The molecule has 0 saturated carbocycles. The second-order valence-electron chi connectivity index (χ2n) is 7.09. The molecule has 0 bridgehead atoms. The van der Waals surface area contributed by atoms with E-state index < -0.39 is 36.7 Å². The molecule has 0 aromatic heterocycles. The third kappa shape index (κ3) is 6.24. The van der Waals surface area contributed by atoms with E-state index >= 15 is 0 Å². The summed E-state index contributed by atoms with van der Waals surface area (Å²) in [7, 11) is 0. The van der Waals surface area contributed by atoms with Gasteiger partial charge in [0.15, 0.2) is 18.5 Å². The molecule has 0 spiro atoms. The average Bonchev–Trinajstić information content (AvgIpc) is 2.82. The Balaban J connectivity index is 1.78. The van der Waals surface area contributed by atoms with E-state index in [-0.39, 0.29) is 26.3 Å². The molecule has 0 amide bonds. The van der Waals surface area contributed by atoms with Crippen LogP contribution in [0.25, 0.3) is 0 Å². The number of benzene rings is 2. The minimum atomic E-state index is -1.43. The smallest absolute Gasteiger partial charge is 0.338 e. The molecule has 0 radical (unpaired) electrons. The van der Waals surface area contributed by atoms with Gasteiger partial charge in [-0.1, -0.05) is 54.6 Å². The fourth-order valence-electron chi connectivity index (χ4n) is 3.38. The van der Waals surface area contributed by atoms with Gasteiger partial charge in [0.05, 0.1) is 25.4 Å². The molecule has 1 saturated heterocycles. The fourth-order valence-corrected chi connectivity index (χ4v) is 3.38. The zero-order valence-electron chi connectivity index (χ0n) is 17.4. The number of aliphatic hydroxyl groups is 1. The molecule has 0 unspecified atom stereocenters. The van der Waals surface area contributed by atoms with E-state index in [1.165, 1.54) is 6.08 Å². The lowest BCUT2D eigenvalue weighted by Crippen LogP contribution is -2.61. The van der Waals surface area contributed by atoms with Crippen LogP contribution in [0.15, 0.2) is 73.3 Å². The zero-order chi connectivity index (χ0) is 22.8. The minimum absolute atomic E-state index is 0.0222. The third-order valence-electron chi connectivity index (χ3n) is 4.87. The summed E-state index contributed by atoms with van der Waals surface area (Å²) in [5.41, 5.74) is 1.26. The Morgan fingerprint density at radius 1 is 1.03 bits per heavy atom. The zero-order valence-corrected chi connectivity index (χ0v) is 17.4. The molecule has 1 aliphatic rings. The molecule has 3 rings (SSSR count). The molecule has 170 valence electrons. The van der Waals surface area contributed by atoms with Gasteiger partial charge in [0.2, 0.25) is 0 Å². The number of hydrogen-bond acceptors (Lipinski definition) is 8. The molecule has 32 heavy (non-hydrogen) atoms. The summed E-state index contributed by atoms with van der Waals surface area (Å²) in [6.45, 7) is 4.12. The van der Waals surface area contributed by atoms with Gasteiger partial charge in [-0.25, -0.2) is 4.79 Å². The van der Waals surface area contributed by atoms with Crippen molar-refractivity contribution in [1.82, 2.24) is 0 Å². The van der Waals surface area contributed by atoms with Crippen LogP contribution in [0, 0.1) is 0 Å². The topological polar surface area (TPSA) is 101 Å². The first-order chi connectivity index (χ1) is 15.6. The van der Waals surface area contributed by atoms with Gasteiger partial charge in [-0.05, 0) is 17.7 Å². The number of hydrogen-bond donors (Lipinski definition) is 1. The maximum Gasteiger partial charge on any atom is 0.338 e. The van der Waals surface area contributed by atoms with Crippen molar-refractivity contribution >= 4 is 12.4 Å². The normalized spacial score (nSPS) is 25.0. The molecule has 2 aromatic carbocycles. The summed E-state index contributed by atoms with van der Waals surface area (Å²) in [5.74, 6) is -0.634. The highest BCUT2D eigenvalue weighted by atomic mass is 16.7. The second-order valence-corrected chi connectivity index (χ2v) is 7.09. The Labute approximate surface area is 186 Å². The van der Waals surface area contributed by atoms with Crippen LogP contribution >= 0.6 is 0 Å². The van der Waals surface area contributed by atoms with Gasteiger partial charge in [-0.3, -0.25) is 4.79 Å². The molecule has 8 nitrogen and oxygen atoms in total. The lowest BCUT2D eigenvalue weighted by Gasteiger charge is -2.42. The van der Waals surface area contributed by atoms with Gasteiger partial charge < -0.3 is 28.8 Å². The first kappa shape index (κ1) is 23.6. The highest BCUT2D eigenvalue weighted by Gasteiger charge is 2.50. The molecular formula is C24H26O8. The van der Waals surface area contributed by atoms with Gasteiger partial charge in [-0.2, -0.15) is 0 Å². The summed E-state index contributed by atoms with van der Waals surface area (Å²) in [6.07, 6.45) is -4.15. The SMILES string of the molecule is C=CCO[C@@H]1[C@@H](OC=O)[C@H](OC(=O)c2ccccc2)[C@@H](COCc2ccccc2)O[C@@H]1O. The number of esters is 1. The lowest BCUT2D eigenvalue weighted by atomic mass is 9.98. The number of aliphatic hydroxyl groups excluding tert-OH is 1. The summed E-state index contributed by atoms with van der Waals surface area (Å²) in [6, 6.07) is 17.9. The van der Waals surface area contributed by atoms with E-state index in [1.54, 1.807) is 30.3 Å². The molecule has 5 atom stereocenters. The predicted octanol–water partition coefficient (Wildman–Crippen LogP) is 2.26. The Kier molecular flexibility index (Phi) is 8.94. The van der Waals surface area contributed by atoms with Crippen LogP contribution in [0.1, 0.15) is 15.9 Å². The van der Waals surface area contributed by atoms with E-state index in [9.17, 15) is 14.7 Å². The quantitative estimate of drug-likeness (QED) is 0.321. The Morgan fingerprint density at radius 3 is 2.38 bits per heavy atom. The number of rotatable bonds is 11. The molecule has 1 N–H and O–H groups in total. The van der Waals surface area contributed by atoms with Gasteiger partial charge in [0.1, 0.15) is 12.2 Å². The van der Waals surface area contributed by atoms with Crippen molar-refractivity contribution in [2.24, 2.45) is 0 Å². The van der Waals surface area contributed by atoms with Crippen LogP contribution in [-0.4, -0.2) is 61.5 Å². The van der Waals surface area contributed by atoms with E-state index in [2.05, 4.69) is 6.58 Å². The summed E-state index contributed by atoms with van der Waals surface area (Å²) in [5, 5.41) is 10.5. The van der Waals surface area contributed by atoms with Crippen LogP contribution in [0.4, 0.5) is 0 Å². The highest BCUT2D eigenvalue weighted by molar-refractivity contribution is 5.89. The van der Waals surface area contributed by atoms with Crippen molar-refractivity contribution < 1.29 is 38.4 Å². The van der Waals surface area contributed by atoms with E-state index in [4.69, 9.17) is 23.7 Å². The largest absolute Gasteiger partial charge is 0.457 e. The van der Waals surface area contributed by atoms with Crippen molar-refractivity contribution in [2.75, 3.05) is 13.2 Å². The Bertz CT molecular complexity index is 857. The molecule has 0 aliphatic carbocycles. The van der Waals surface area contributed by atoms with Crippen molar-refractivity contribution in [1.29, 1.82) is 0 Å². The van der Waals surface area contributed by atoms with E-state index in [0.717, 1.165) is 5.56 Å². The molecule has 1 fully saturated rings. The molecule has 2 aromatic rings. The molecule has 8 heteroatoms. The maximum absolute atomic E-state index is 12.7. The van der Waals surface area contributed by atoms with Crippen LogP contribution in [0.5, 0.6) is 0 Å². The van der Waals surface area contributed by atoms with E-state index in [1.807, 2.05) is 30.3 Å². The van der Waals surface area contributed by atoms with Crippen molar-refractivity contribution in [3.8, 4) is 0 Å². The first-order valence-electron chi connectivity index (χ1n) is 10.2. The predicted molar refractivity (Wildman–Crippen MR) is 113 cm³/mol. The summed E-state index contributed by atoms with van der Waals surface area (Å²) < 4.78 is 27.8. The Hall–Kier alpha value is -3.04. The fraction of sp³-hybridized carbons (Fsp3) is 0.333. The number of carbonyl (C=O) groups is 2.